The molecule has 5 N–H and O–H groups in total. The molecule has 0 bridgehead atoms. The summed E-state index contributed by atoms with van der Waals surface area (Å²) in [5.41, 5.74) is 4.05. The first-order chi connectivity index (χ1) is 9.19. The number of hydrazine groups is 1. The minimum Gasteiger partial charge on any atom is -0.387 e. The lowest BCUT2D eigenvalue weighted by Crippen LogP contribution is -2.15. The Labute approximate surface area is 111 Å². The molecule has 0 radical (unpaired) electrons. The van der Waals surface area contributed by atoms with Crippen molar-refractivity contribution >= 4 is 11.8 Å². The van der Waals surface area contributed by atoms with Gasteiger partial charge in [0.1, 0.15) is 5.82 Å². The van der Waals surface area contributed by atoms with Crippen LogP contribution in [0, 0.1) is 6.92 Å². The molecule has 1 heterocycles. The first-order valence-electron chi connectivity index (χ1n) is 5.98. The Balaban J connectivity index is 2.01. The van der Waals surface area contributed by atoms with Gasteiger partial charge in [0.2, 0.25) is 5.95 Å². The quantitative estimate of drug-likeness (QED) is 0.476. The van der Waals surface area contributed by atoms with Gasteiger partial charge in [-0.05, 0) is 12.5 Å². The first kappa shape index (κ1) is 13.3. The molecule has 0 spiro atoms. The molecule has 2 aromatic rings. The average molecular weight is 259 g/mol. The van der Waals surface area contributed by atoms with Crippen LogP contribution in [0.5, 0.6) is 0 Å². The van der Waals surface area contributed by atoms with Gasteiger partial charge in [-0.15, -0.1) is 0 Å². The van der Waals surface area contributed by atoms with Crippen LogP contribution in [0.25, 0.3) is 0 Å². The molecule has 1 atom stereocenters. The van der Waals surface area contributed by atoms with Gasteiger partial charge in [0, 0.05) is 18.3 Å². The summed E-state index contributed by atoms with van der Waals surface area (Å²) in [6, 6.07) is 11.2. The fourth-order valence-electron chi connectivity index (χ4n) is 1.72. The smallest absolute Gasteiger partial charge is 0.239 e. The molecule has 1 unspecified atom stereocenters. The molecule has 100 valence electrons. The highest BCUT2D eigenvalue weighted by Crippen LogP contribution is 2.14. The van der Waals surface area contributed by atoms with Gasteiger partial charge in [-0.25, -0.2) is 10.8 Å². The molecule has 19 heavy (non-hydrogen) atoms. The van der Waals surface area contributed by atoms with Crippen molar-refractivity contribution in [2.45, 2.75) is 13.0 Å². The minimum atomic E-state index is -0.592. The van der Waals surface area contributed by atoms with E-state index in [1.54, 1.807) is 6.07 Å². The number of hydrogen-bond acceptors (Lipinski definition) is 6. The molecule has 6 nitrogen and oxygen atoms in total. The van der Waals surface area contributed by atoms with Crippen LogP contribution in [0.2, 0.25) is 0 Å². The number of hydrogen-bond donors (Lipinski definition) is 4. The van der Waals surface area contributed by atoms with Crippen LogP contribution in [-0.2, 0) is 0 Å². The number of nitrogens with two attached hydrogens (primary N) is 1. The maximum atomic E-state index is 10.0. The third kappa shape index (κ3) is 3.64. The van der Waals surface area contributed by atoms with Gasteiger partial charge in [0.15, 0.2) is 0 Å². The number of nitrogen functional groups attached to an aromatic ring is 1. The van der Waals surface area contributed by atoms with Gasteiger partial charge >= 0.3 is 0 Å². The maximum Gasteiger partial charge on any atom is 0.239 e. The van der Waals surface area contributed by atoms with Crippen molar-refractivity contribution in [1.29, 1.82) is 0 Å². The van der Waals surface area contributed by atoms with Crippen molar-refractivity contribution in [1.82, 2.24) is 9.97 Å². The van der Waals surface area contributed by atoms with E-state index >= 15 is 0 Å². The largest absolute Gasteiger partial charge is 0.387 e. The zero-order valence-electron chi connectivity index (χ0n) is 10.7. The van der Waals surface area contributed by atoms with Gasteiger partial charge in [-0.2, -0.15) is 4.98 Å². The zero-order chi connectivity index (χ0) is 13.7. The van der Waals surface area contributed by atoms with E-state index in [1.807, 2.05) is 37.3 Å². The van der Waals surface area contributed by atoms with E-state index in [2.05, 4.69) is 20.7 Å². The number of nitrogens with zero attached hydrogens (tertiary/aromatic N) is 2. The molecule has 1 aromatic heterocycles. The Morgan fingerprint density at radius 2 is 2.00 bits per heavy atom. The van der Waals surface area contributed by atoms with Crippen molar-refractivity contribution in [3.8, 4) is 0 Å². The number of nitrogens with one attached hydrogen (secondary N) is 2. The normalized spacial score (nSPS) is 11.9. The summed E-state index contributed by atoms with van der Waals surface area (Å²) < 4.78 is 0. The Bertz CT molecular complexity index is 532. The monoisotopic (exact) mass is 259 g/mol. The van der Waals surface area contributed by atoms with E-state index in [0.717, 1.165) is 11.3 Å². The Hall–Kier alpha value is -2.18. The van der Waals surface area contributed by atoms with E-state index in [4.69, 9.17) is 5.84 Å². The standard InChI is InChI=1S/C13H17N5O/c1-9-7-12(17-13(16-9)18-14)15-8-11(19)10-5-3-2-4-6-10/h2-7,11,19H,8,14H2,1H3,(H2,15,16,17,18). The van der Waals surface area contributed by atoms with Gasteiger partial charge in [-0.1, -0.05) is 30.3 Å². The highest BCUT2D eigenvalue weighted by atomic mass is 16.3. The Morgan fingerprint density at radius 3 is 2.68 bits per heavy atom. The SMILES string of the molecule is Cc1cc(NCC(O)c2ccccc2)nc(NN)n1. The summed E-state index contributed by atoms with van der Waals surface area (Å²) >= 11 is 0. The molecular weight excluding hydrogens is 242 g/mol. The number of rotatable bonds is 5. The predicted octanol–water partition coefficient (Wildman–Crippen LogP) is 1.22. The third-order valence-electron chi connectivity index (χ3n) is 2.64. The van der Waals surface area contributed by atoms with Crippen LogP contribution in [0.1, 0.15) is 17.4 Å². The van der Waals surface area contributed by atoms with Gasteiger partial charge < -0.3 is 10.4 Å². The predicted molar refractivity (Wildman–Crippen MR) is 74.5 cm³/mol. The van der Waals surface area contributed by atoms with Crippen molar-refractivity contribution in [3.05, 3.63) is 47.7 Å². The Morgan fingerprint density at radius 1 is 1.26 bits per heavy atom. The lowest BCUT2D eigenvalue weighted by Gasteiger charge is -2.13. The lowest BCUT2D eigenvalue weighted by molar-refractivity contribution is 0.191. The van der Waals surface area contributed by atoms with Crippen molar-refractivity contribution in [2.24, 2.45) is 5.84 Å². The molecule has 0 aliphatic carbocycles. The summed E-state index contributed by atoms with van der Waals surface area (Å²) in [5.74, 6) is 6.25. The topological polar surface area (TPSA) is 96.1 Å². The van der Waals surface area contributed by atoms with Crippen molar-refractivity contribution in [3.63, 3.8) is 0 Å². The van der Waals surface area contributed by atoms with E-state index in [1.165, 1.54) is 0 Å². The second kappa shape index (κ2) is 6.12. The van der Waals surface area contributed by atoms with Crippen LogP contribution < -0.4 is 16.6 Å². The molecule has 0 aliphatic heterocycles. The molecule has 0 fully saturated rings. The second-order valence-corrected chi connectivity index (χ2v) is 4.17. The molecule has 6 heteroatoms. The summed E-state index contributed by atoms with van der Waals surface area (Å²) in [6.07, 6.45) is -0.592. The molecule has 1 aromatic carbocycles. The van der Waals surface area contributed by atoms with Crippen LogP contribution in [0.15, 0.2) is 36.4 Å². The number of aliphatic hydroxyl groups excluding tert-OH is 1. The van der Waals surface area contributed by atoms with Crippen LogP contribution in [0.4, 0.5) is 11.8 Å². The van der Waals surface area contributed by atoms with E-state index in [0.29, 0.717) is 18.3 Å². The number of aliphatic hydroxyl groups is 1. The highest BCUT2D eigenvalue weighted by molar-refractivity contribution is 5.41. The number of aromatic nitrogens is 2. The van der Waals surface area contributed by atoms with E-state index in [9.17, 15) is 5.11 Å². The fraction of sp³-hybridized carbons (Fsp3) is 0.231. The third-order valence-corrected chi connectivity index (χ3v) is 2.64. The minimum absolute atomic E-state index is 0.344. The molecule has 0 saturated carbocycles. The zero-order valence-corrected chi connectivity index (χ0v) is 10.7. The molecule has 0 saturated heterocycles. The molecular formula is C13H17N5O. The van der Waals surface area contributed by atoms with E-state index in [-0.39, 0.29) is 0 Å². The number of aryl methyl sites for hydroxylation is 1. The average Bonchev–Trinajstić information content (AvgIpc) is 2.45. The Kier molecular flexibility index (Phi) is 4.27. The second-order valence-electron chi connectivity index (χ2n) is 4.17. The van der Waals surface area contributed by atoms with Crippen LogP contribution >= 0.6 is 0 Å². The maximum absolute atomic E-state index is 10.0. The van der Waals surface area contributed by atoms with Crippen LogP contribution in [0.3, 0.4) is 0 Å². The highest BCUT2D eigenvalue weighted by Gasteiger charge is 2.07. The summed E-state index contributed by atoms with van der Waals surface area (Å²) in [5, 5.41) is 13.1. The number of anilines is 2. The van der Waals surface area contributed by atoms with Crippen molar-refractivity contribution < 1.29 is 5.11 Å². The van der Waals surface area contributed by atoms with Crippen LogP contribution in [-0.4, -0.2) is 21.6 Å². The summed E-state index contributed by atoms with van der Waals surface area (Å²) in [7, 11) is 0. The van der Waals surface area contributed by atoms with Gasteiger partial charge in [0.25, 0.3) is 0 Å². The summed E-state index contributed by atoms with van der Waals surface area (Å²) in [4.78, 5) is 8.24. The molecule has 0 aliphatic rings. The lowest BCUT2D eigenvalue weighted by atomic mass is 10.1. The number of benzene rings is 1. The molecule has 2 rings (SSSR count). The van der Waals surface area contributed by atoms with Gasteiger partial charge in [-0.3, -0.25) is 5.43 Å². The molecule has 0 amide bonds. The first-order valence-corrected chi connectivity index (χ1v) is 5.98. The van der Waals surface area contributed by atoms with E-state index < -0.39 is 6.10 Å². The van der Waals surface area contributed by atoms with Crippen molar-refractivity contribution in [2.75, 3.05) is 17.3 Å². The summed E-state index contributed by atoms with van der Waals surface area (Å²) in [6.45, 7) is 2.21. The van der Waals surface area contributed by atoms with Gasteiger partial charge in [0.05, 0.1) is 6.10 Å². The fourth-order valence-corrected chi connectivity index (χ4v) is 1.72.